The van der Waals surface area contributed by atoms with Gasteiger partial charge in [0.05, 0.1) is 12.2 Å². The van der Waals surface area contributed by atoms with Crippen molar-refractivity contribution in [2.45, 2.75) is 13.3 Å². The number of carbonyl (C=O) groups excluding carboxylic acids is 1. The van der Waals surface area contributed by atoms with E-state index in [1.807, 2.05) is 19.1 Å². The van der Waals surface area contributed by atoms with Crippen molar-refractivity contribution in [3.8, 4) is 0 Å². The van der Waals surface area contributed by atoms with Crippen LogP contribution in [0.2, 0.25) is 0 Å². The second-order valence-corrected chi connectivity index (χ2v) is 5.02. The lowest BCUT2D eigenvalue weighted by Crippen LogP contribution is -2.25. The van der Waals surface area contributed by atoms with E-state index in [9.17, 15) is 4.79 Å². The van der Waals surface area contributed by atoms with Gasteiger partial charge in [0.15, 0.2) is 0 Å². The maximum Gasteiger partial charge on any atom is 0.252 e. The van der Waals surface area contributed by atoms with Gasteiger partial charge in [0.1, 0.15) is 0 Å². The summed E-state index contributed by atoms with van der Waals surface area (Å²) in [7, 11) is 0. The third kappa shape index (κ3) is 4.96. The van der Waals surface area contributed by atoms with Crippen LogP contribution < -0.4 is 5.32 Å². The molecule has 0 fully saturated rings. The van der Waals surface area contributed by atoms with Gasteiger partial charge in [-0.15, -0.1) is 11.6 Å². The molecular weight excluding hydrogens is 318 g/mol. The van der Waals surface area contributed by atoms with E-state index >= 15 is 0 Å². The Morgan fingerprint density at radius 3 is 2.94 bits per heavy atom. The summed E-state index contributed by atoms with van der Waals surface area (Å²) in [5, 5.41) is 2.86. The minimum Gasteiger partial charge on any atom is -0.380 e. The van der Waals surface area contributed by atoms with Crippen LogP contribution in [0.1, 0.15) is 22.3 Å². The van der Waals surface area contributed by atoms with Crippen LogP contribution in [-0.2, 0) is 4.74 Å². The zero-order valence-corrected chi connectivity index (χ0v) is 12.7. The first kappa shape index (κ1) is 15.5. The number of amides is 1. The summed E-state index contributed by atoms with van der Waals surface area (Å²) < 4.78 is 6.07. The molecule has 5 heteroatoms. The molecule has 1 N–H and O–H groups in total. The average molecular weight is 335 g/mol. The van der Waals surface area contributed by atoms with Gasteiger partial charge >= 0.3 is 0 Å². The fraction of sp³-hybridized carbons (Fsp3) is 0.462. The molecule has 0 atom stereocenters. The van der Waals surface area contributed by atoms with Gasteiger partial charge in [-0.1, -0.05) is 12.1 Å². The molecule has 0 saturated heterocycles. The number of halogens is 2. The molecule has 3 nitrogen and oxygen atoms in total. The predicted octanol–water partition coefficient (Wildman–Crippen LogP) is 3.13. The molecule has 1 aromatic rings. The molecule has 0 aliphatic heterocycles. The standard InChI is InChI=1S/C13H17BrClNO2/c1-10-4-2-5-11(12(10)14)13(17)16-7-3-8-18-9-6-15/h2,4-5H,3,6-9H2,1H3,(H,16,17). The summed E-state index contributed by atoms with van der Waals surface area (Å²) >= 11 is 8.90. The van der Waals surface area contributed by atoms with Gasteiger partial charge in [0, 0.05) is 23.5 Å². The number of nitrogens with one attached hydrogen (secondary N) is 1. The number of rotatable bonds is 7. The van der Waals surface area contributed by atoms with Gasteiger partial charge < -0.3 is 10.1 Å². The highest BCUT2D eigenvalue weighted by Gasteiger charge is 2.10. The maximum absolute atomic E-state index is 11.9. The first-order valence-electron chi connectivity index (χ1n) is 5.84. The summed E-state index contributed by atoms with van der Waals surface area (Å²) in [6, 6.07) is 5.63. The van der Waals surface area contributed by atoms with E-state index in [1.54, 1.807) is 6.07 Å². The Morgan fingerprint density at radius 1 is 1.44 bits per heavy atom. The van der Waals surface area contributed by atoms with E-state index in [-0.39, 0.29) is 5.91 Å². The van der Waals surface area contributed by atoms with Crippen LogP contribution in [0.5, 0.6) is 0 Å². The molecule has 0 radical (unpaired) electrons. The lowest BCUT2D eigenvalue weighted by Gasteiger charge is -2.08. The number of carbonyl (C=O) groups is 1. The van der Waals surface area contributed by atoms with E-state index in [1.165, 1.54) is 0 Å². The quantitative estimate of drug-likeness (QED) is 0.614. The second kappa shape index (κ2) is 8.51. The first-order chi connectivity index (χ1) is 8.66. The zero-order valence-electron chi connectivity index (χ0n) is 10.3. The zero-order chi connectivity index (χ0) is 13.4. The number of benzene rings is 1. The molecule has 0 aliphatic carbocycles. The van der Waals surface area contributed by atoms with Gasteiger partial charge in [0.2, 0.25) is 0 Å². The number of aryl methyl sites for hydroxylation is 1. The molecule has 0 aliphatic rings. The van der Waals surface area contributed by atoms with Gasteiger partial charge in [-0.3, -0.25) is 4.79 Å². The lowest BCUT2D eigenvalue weighted by molar-refractivity contribution is 0.0943. The Balaban J connectivity index is 2.35. The third-order valence-corrected chi connectivity index (χ3v) is 3.62. The molecule has 0 saturated carbocycles. The van der Waals surface area contributed by atoms with Crippen molar-refractivity contribution in [1.29, 1.82) is 0 Å². The van der Waals surface area contributed by atoms with Gasteiger partial charge in [-0.05, 0) is 40.9 Å². The largest absolute Gasteiger partial charge is 0.380 e. The fourth-order valence-corrected chi connectivity index (χ4v) is 2.00. The van der Waals surface area contributed by atoms with Crippen LogP contribution >= 0.6 is 27.5 Å². The van der Waals surface area contributed by atoms with Crippen LogP contribution in [-0.4, -0.2) is 31.5 Å². The normalized spacial score (nSPS) is 10.4. The van der Waals surface area contributed by atoms with Crippen LogP contribution in [0.15, 0.2) is 22.7 Å². The molecule has 100 valence electrons. The smallest absolute Gasteiger partial charge is 0.252 e. The number of hydrogen-bond acceptors (Lipinski definition) is 2. The molecule has 0 unspecified atom stereocenters. The van der Waals surface area contributed by atoms with E-state index in [4.69, 9.17) is 16.3 Å². The highest BCUT2D eigenvalue weighted by atomic mass is 79.9. The van der Waals surface area contributed by atoms with Crippen molar-refractivity contribution >= 4 is 33.4 Å². The molecular formula is C13H17BrClNO2. The van der Waals surface area contributed by atoms with Gasteiger partial charge in [-0.2, -0.15) is 0 Å². The van der Waals surface area contributed by atoms with E-state index in [0.29, 0.717) is 31.2 Å². The van der Waals surface area contributed by atoms with Crippen molar-refractivity contribution < 1.29 is 9.53 Å². The molecule has 18 heavy (non-hydrogen) atoms. The van der Waals surface area contributed by atoms with Gasteiger partial charge in [0.25, 0.3) is 5.91 Å². The minimum absolute atomic E-state index is 0.0667. The summed E-state index contributed by atoms with van der Waals surface area (Å²) in [6.07, 6.45) is 0.784. The maximum atomic E-state index is 11.9. The van der Waals surface area contributed by atoms with E-state index in [2.05, 4.69) is 21.2 Å². The molecule has 0 aromatic heterocycles. The number of ether oxygens (including phenoxy) is 1. The predicted molar refractivity (Wildman–Crippen MR) is 77.4 cm³/mol. The molecule has 0 spiro atoms. The Hall–Kier alpha value is -0.580. The first-order valence-corrected chi connectivity index (χ1v) is 7.16. The highest BCUT2D eigenvalue weighted by molar-refractivity contribution is 9.10. The van der Waals surface area contributed by atoms with Crippen molar-refractivity contribution in [2.75, 3.05) is 25.6 Å². The lowest BCUT2D eigenvalue weighted by atomic mass is 10.1. The Bertz CT molecular complexity index is 399. The van der Waals surface area contributed by atoms with Crippen molar-refractivity contribution in [3.05, 3.63) is 33.8 Å². The molecule has 1 aromatic carbocycles. The molecule has 1 amide bonds. The Kier molecular flexibility index (Phi) is 7.32. The van der Waals surface area contributed by atoms with Crippen molar-refractivity contribution in [1.82, 2.24) is 5.32 Å². The topological polar surface area (TPSA) is 38.3 Å². The monoisotopic (exact) mass is 333 g/mol. The SMILES string of the molecule is Cc1cccc(C(=O)NCCCOCCCl)c1Br. The van der Waals surface area contributed by atoms with Crippen molar-refractivity contribution in [3.63, 3.8) is 0 Å². The Morgan fingerprint density at radius 2 is 2.22 bits per heavy atom. The Labute approximate surface area is 121 Å². The van der Waals surface area contributed by atoms with Crippen molar-refractivity contribution in [2.24, 2.45) is 0 Å². The molecule has 0 bridgehead atoms. The van der Waals surface area contributed by atoms with Crippen LogP contribution in [0.4, 0.5) is 0 Å². The molecule has 1 rings (SSSR count). The average Bonchev–Trinajstić information content (AvgIpc) is 2.36. The summed E-state index contributed by atoms with van der Waals surface area (Å²) in [6.45, 7) is 3.73. The third-order valence-electron chi connectivity index (χ3n) is 2.41. The van der Waals surface area contributed by atoms with Crippen LogP contribution in [0, 0.1) is 6.92 Å². The second-order valence-electron chi connectivity index (χ2n) is 3.85. The van der Waals surface area contributed by atoms with Crippen LogP contribution in [0.3, 0.4) is 0 Å². The number of hydrogen-bond donors (Lipinski definition) is 1. The number of alkyl halides is 1. The molecule has 0 heterocycles. The van der Waals surface area contributed by atoms with E-state index < -0.39 is 0 Å². The summed E-state index contributed by atoms with van der Waals surface area (Å²) in [5.41, 5.74) is 1.71. The minimum atomic E-state index is -0.0667. The fourth-order valence-electron chi connectivity index (χ4n) is 1.45. The van der Waals surface area contributed by atoms with E-state index in [0.717, 1.165) is 16.5 Å². The summed E-state index contributed by atoms with van der Waals surface area (Å²) in [5.74, 6) is 0.436. The van der Waals surface area contributed by atoms with Gasteiger partial charge in [-0.25, -0.2) is 0 Å². The van der Waals surface area contributed by atoms with Crippen LogP contribution in [0.25, 0.3) is 0 Å². The highest BCUT2D eigenvalue weighted by Crippen LogP contribution is 2.20. The summed E-state index contributed by atoms with van der Waals surface area (Å²) in [4.78, 5) is 11.9.